The molecule has 0 bridgehead atoms. The Morgan fingerprint density at radius 2 is 1.61 bits per heavy atom. The van der Waals surface area contributed by atoms with Crippen LogP contribution >= 0.6 is 0 Å². The number of hydrogen-bond donors (Lipinski definition) is 1. The SMILES string of the molecule is O=S(c1ccccc1)N(C1CCNCC1)C1CC1. The molecule has 1 aliphatic heterocycles. The minimum Gasteiger partial charge on any atom is -0.317 e. The van der Waals surface area contributed by atoms with Crippen LogP contribution in [0.1, 0.15) is 25.7 Å². The van der Waals surface area contributed by atoms with Crippen molar-refractivity contribution in [3.05, 3.63) is 30.3 Å². The highest BCUT2D eigenvalue weighted by atomic mass is 32.2. The van der Waals surface area contributed by atoms with E-state index >= 15 is 0 Å². The van der Waals surface area contributed by atoms with Gasteiger partial charge in [-0.25, -0.2) is 8.51 Å². The van der Waals surface area contributed by atoms with Gasteiger partial charge in [0.1, 0.15) is 11.0 Å². The second-order valence-corrected chi connectivity index (χ2v) is 6.53. The van der Waals surface area contributed by atoms with E-state index in [0.29, 0.717) is 12.1 Å². The van der Waals surface area contributed by atoms with E-state index in [9.17, 15) is 4.21 Å². The van der Waals surface area contributed by atoms with E-state index in [2.05, 4.69) is 9.62 Å². The molecule has 98 valence electrons. The molecule has 1 N–H and O–H groups in total. The lowest BCUT2D eigenvalue weighted by Crippen LogP contribution is -2.45. The predicted molar refractivity (Wildman–Crippen MR) is 73.6 cm³/mol. The Hall–Kier alpha value is -0.710. The third-order valence-corrected chi connectivity index (χ3v) is 5.37. The van der Waals surface area contributed by atoms with Gasteiger partial charge < -0.3 is 5.32 Å². The maximum atomic E-state index is 12.7. The molecule has 4 heteroatoms. The van der Waals surface area contributed by atoms with Crippen LogP contribution in [-0.4, -0.2) is 33.7 Å². The summed E-state index contributed by atoms with van der Waals surface area (Å²) in [6.07, 6.45) is 4.66. The van der Waals surface area contributed by atoms with E-state index in [1.807, 2.05) is 30.3 Å². The summed E-state index contributed by atoms with van der Waals surface area (Å²) in [6.45, 7) is 2.11. The van der Waals surface area contributed by atoms with Crippen molar-refractivity contribution < 1.29 is 4.21 Å². The van der Waals surface area contributed by atoms with E-state index in [1.54, 1.807) is 0 Å². The number of rotatable bonds is 4. The molecule has 0 radical (unpaired) electrons. The molecular formula is C14H20N2OS. The summed E-state index contributed by atoms with van der Waals surface area (Å²) in [6, 6.07) is 10.9. The van der Waals surface area contributed by atoms with Crippen LogP contribution in [0.2, 0.25) is 0 Å². The van der Waals surface area contributed by atoms with E-state index < -0.39 is 11.0 Å². The third kappa shape index (κ3) is 2.66. The van der Waals surface area contributed by atoms with Crippen molar-refractivity contribution >= 4 is 11.0 Å². The first-order valence-corrected chi connectivity index (χ1v) is 7.93. The Kier molecular flexibility index (Phi) is 3.77. The number of benzene rings is 1. The van der Waals surface area contributed by atoms with Gasteiger partial charge in [-0.2, -0.15) is 0 Å². The number of piperidine rings is 1. The van der Waals surface area contributed by atoms with Gasteiger partial charge in [0.15, 0.2) is 0 Å². The first-order valence-electron chi connectivity index (χ1n) is 6.82. The van der Waals surface area contributed by atoms with Gasteiger partial charge in [-0.3, -0.25) is 0 Å². The minimum atomic E-state index is -0.981. The molecule has 1 saturated heterocycles. The third-order valence-electron chi connectivity index (χ3n) is 3.71. The van der Waals surface area contributed by atoms with Gasteiger partial charge in [-0.05, 0) is 50.9 Å². The van der Waals surface area contributed by atoms with Gasteiger partial charge in [-0.15, -0.1) is 0 Å². The van der Waals surface area contributed by atoms with E-state index in [0.717, 1.165) is 30.8 Å². The molecule has 1 heterocycles. The van der Waals surface area contributed by atoms with Crippen LogP contribution in [0.5, 0.6) is 0 Å². The summed E-state index contributed by atoms with van der Waals surface area (Å²) < 4.78 is 15.0. The van der Waals surface area contributed by atoms with E-state index in [4.69, 9.17) is 0 Å². The predicted octanol–water partition coefficient (Wildman–Crippen LogP) is 1.93. The van der Waals surface area contributed by atoms with Gasteiger partial charge in [-0.1, -0.05) is 18.2 Å². The van der Waals surface area contributed by atoms with Crippen LogP contribution in [0.4, 0.5) is 0 Å². The summed E-state index contributed by atoms with van der Waals surface area (Å²) in [7, 11) is -0.981. The Labute approximate surface area is 111 Å². The molecule has 18 heavy (non-hydrogen) atoms. The quantitative estimate of drug-likeness (QED) is 0.901. The molecule has 1 unspecified atom stereocenters. The topological polar surface area (TPSA) is 32.3 Å². The Balaban J connectivity index is 1.79. The largest absolute Gasteiger partial charge is 0.317 e. The van der Waals surface area contributed by atoms with Gasteiger partial charge in [0.25, 0.3) is 0 Å². The zero-order valence-electron chi connectivity index (χ0n) is 10.5. The molecule has 2 fully saturated rings. The highest BCUT2D eigenvalue weighted by Gasteiger charge is 2.38. The van der Waals surface area contributed by atoms with Crippen molar-refractivity contribution in [3.63, 3.8) is 0 Å². The van der Waals surface area contributed by atoms with Crippen LogP contribution < -0.4 is 5.32 Å². The summed E-state index contributed by atoms with van der Waals surface area (Å²) in [5.41, 5.74) is 0. The average Bonchev–Trinajstić information content (AvgIpc) is 3.26. The van der Waals surface area contributed by atoms with Crippen molar-refractivity contribution in [2.75, 3.05) is 13.1 Å². The second-order valence-electron chi connectivity index (χ2n) is 5.13. The molecule has 1 aromatic carbocycles. The van der Waals surface area contributed by atoms with Crippen molar-refractivity contribution in [3.8, 4) is 0 Å². The summed E-state index contributed by atoms with van der Waals surface area (Å²) in [4.78, 5) is 0.947. The van der Waals surface area contributed by atoms with Crippen LogP contribution in [-0.2, 0) is 11.0 Å². The highest BCUT2D eigenvalue weighted by molar-refractivity contribution is 7.82. The van der Waals surface area contributed by atoms with E-state index in [1.165, 1.54) is 12.8 Å². The maximum Gasteiger partial charge on any atom is 0.128 e. The fraction of sp³-hybridized carbons (Fsp3) is 0.571. The van der Waals surface area contributed by atoms with E-state index in [-0.39, 0.29) is 0 Å². The Morgan fingerprint density at radius 3 is 2.22 bits per heavy atom. The molecule has 3 rings (SSSR count). The molecule has 1 aromatic rings. The number of nitrogens with one attached hydrogen (secondary N) is 1. The lowest BCUT2D eigenvalue weighted by Gasteiger charge is -2.33. The number of nitrogens with zero attached hydrogens (tertiary/aromatic N) is 1. The zero-order valence-corrected chi connectivity index (χ0v) is 11.4. The molecule has 1 atom stereocenters. The monoisotopic (exact) mass is 264 g/mol. The number of hydrogen-bond acceptors (Lipinski definition) is 2. The van der Waals surface area contributed by atoms with Crippen molar-refractivity contribution in [1.82, 2.24) is 9.62 Å². The Morgan fingerprint density at radius 1 is 1.00 bits per heavy atom. The van der Waals surface area contributed by atoms with Crippen molar-refractivity contribution in [2.24, 2.45) is 0 Å². The average molecular weight is 264 g/mol. The van der Waals surface area contributed by atoms with Crippen LogP contribution in [0, 0.1) is 0 Å². The van der Waals surface area contributed by atoms with Crippen molar-refractivity contribution in [2.45, 2.75) is 42.7 Å². The lowest BCUT2D eigenvalue weighted by atomic mass is 10.1. The fourth-order valence-electron chi connectivity index (χ4n) is 2.62. The molecule has 0 spiro atoms. The van der Waals surface area contributed by atoms with Crippen molar-refractivity contribution in [1.29, 1.82) is 0 Å². The first kappa shape index (κ1) is 12.3. The molecule has 1 saturated carbocycles. The normalized spacial score (nSPS) is 23.2. The minimum absolute atomic E-state index is 0.486. The lowest BCUT2D eigenvalue weighted by molar-refractivity contribution is 0.266. The van der Waals surface area contributed by atoms with Gasteiger partial charge in [0, 0.05) is 12.1 Å². The molecule has 0 aromatic heterocycles. The second kappa shape index (κ2) is 5.51. The molecular weight excluding hydrogens is 244 g/mol. The molecule has 3 nitrogen and oxygen atoms in total. The van der Waals surface area contributed by atoms with Crippen LogP contribution in [0.3, 0.4) is 0 Å². The van der Waals surface area contributed by atoms with Gasteiger partial charge >= 0.3 is 0 Å². The summed E-state index contributed by atoms with van der Waals surface area (Å²) in [5, 5.41) is 3.38. The summed E-state index contributed by atoms with van der Waals surface area (Å²) >= 11 is 0. The van der Waals surface area contributed by atoms with Gasteiger partial charge in [0.2, 0.25) is 0 Å². The standard InChI is InChI=1S/C14H20N2OS/c17-18(14-4-2-1-3-5-14)16(12-6-7-12)13-8-10-15-11-9-13/h1-5,12-13,15H,6-11H2. The summed E-state index contributed by atoms with van der Waals surface area (Å²) in [5.74, 6) is 0. The fourth-order valence-corrected chi connectivity index (χ4v) is 4.21. The Bertz CT molecular complexity index is 413. The molecule has 2 aliphatic rings. The van der Waals surface area contributed by atoms with Crippen LogP contribution in [0.25, 0.3) is 0 Å². The molecule has 1 aliphatic carbocycles. The van der Waals surface area contributed by atoms with Crippen LogP contribution in [0.15, 0.2) is 35.2 Å². The first-order chi connectivity index (χ1) is 8.86. The maximum absolute atomic E-state index is 12.7. The smallest absolute Gasteiger partial charge is 0.128 e. The highest BCUT2D eigenvalue weighted by Crippen LogP contribution is 2.34. The molecule has 0 amide bonds. The zero-order chi connectivity index (χ0) is 12.4. The van der Waals surface area contributed by atoms with Gasteiger partial charge in [0.05, 0.1) is 4.90 Å².